The molecule has 0 radical (unpaired) electrons. The molecule has 64 valence electrons. The van der Waals surface area contributed by atoms with Gasteiger partial charge in [-0.05, 0) is 12.8 Å². The molecule has 0 saturated carbocycles. The zero-order valence-electron chi connectivity index (χ0n) is 7.78. The Labute approximate surface area is 161 Å². The topological polar surface area (TPSA) is 100 Å². The first kappa shape index (κ1) is 20.6. The van der Waals surface area contributed by atoms with Crippen LogP contribution in [-0.2, 0) is 9.59 Å². The maximum atomic E-state index is 9.82. The Morgan fingerprint density at radius 1 is 1.15 bits per heavy atom. The molecule has 1 atom stereocenters. The van der Waals surface area contributed by atoms with Gasteiger partial charge in [-0.2, -0.15) is 0 Å². The molecule has 5 nitrogen and oxygen atoms in total. The van der Waals surface area contributed by atoms with E-state index in [0.717, 1.165) is 0 Å². The molecule has 0 aliphatic carbocycles. The minimum absolute atomic E-state index is 0. The van der Waals surface area contributed by atoms with Gasteiger partial charge in [-0.25, -0.2) is 0 Å². The van der Waals surface area contributed by atoms with E-state index in [9.17, 15) is 19.8 Å². The number of hydrogen-bond acceptors (Lipinski definition) is 5. The van der Waals surface area contributed by atoms with Crippen molar-refractivity contribution < 1.29 is 128 Å². The fourth-order valence-corrected chi connectivity index (χ4v) is 0.579. The van der Waals surface area contributed by atoms with Gasteiger partial charge in [0.1, 0.15) is 0 Å². The normalized spacial score (nSPS) is 10.5. The molecule has 0 bridgehead atoms. The Hall–Kier alpha value is 2.17. The van der Waals surface area contributed by atoms with Crippen LogP contribution in [0.4, 0.5) is 0 Å². The number of aliphatic carboxylic acids is 2. The molecule has 1 unspecified atom stereocenters. The van der Waals surface area contributed by atoms with Crippen LogP contribution < -0.4 is 113 Å². The van der Waals surface area contributed by atoms with Crippen LogP contribution in [0.2, 0.25) is 0 Å². The van der Waals surface area contributed by atoms with Gasteiger partial charge in [0.05, 0.1) is 6.10 Å². The van der Waals surface area contributed by atoms with Gasteiger partial charge in [0, 0.05) is 18.4 Å². The van der Waals surface area contributed by atoms with Gasteiger partial charge in [-0.3, -0.25) is 0 Å². The Morgan fingerprint density at radius 2 is 1.62 bits per heavy atom. The molecule has 0 aromatic heterocycles. The second-order valence-electron chi connectivity index (χ2n) is 2.14. The van der Waals surface area contributed by atoms with E-state index < -0.39 is 24.5 Å². The van der Waals surface area contributed by atoms with E-state index in [0.29, 0.717) is 0 Å². The summed E-state index contributed by atoms with van der Waals surface area (Å²) in [6.07, 6.45) is -2.14. The predicted octanol–water partition coefficient (Wildman–Crippen LogP) is -8.97. The van der Waals surface area contributed by atoms with Crippen molar-refractivity contribution in [2.45, 2.75) is 25.4 Å². The molecule has 13 heavy (non-hydrogen) atoms. The standard InChI is InChI=1S/C6H10O5.2K/c7-4(3-6(10)11)1-2-5(8)9;;/h4,7H,1-3H2,(H,8,9)(H,10,11);;/q;2*+1/p-2. The quantitative estimate of drug-likeness (QED) is 0.479. The van der Waals surface area contributed by atoms with Crippen molar-refractivity contribution in [1.82, 2.24) is 0 Å². The first-order valence-electron chi connectivity index (χ1n) is 3.10. The van der Waals surface area contributed by atoms with Crippen molar-refractivity contribution in [3.05, 3.63) is 0 Å². The largest absolute Gasteiger partial charge is 1.00 e. The summed E-state index contributed by atoms with van der Waals surface area (Å²) in [5.74, 6) is -2.70. The van der Waals surface area contributed by atoms with Gasteiger partial charge in [0.15, 0.2) is 0 Å². The van der Waals surface area contributed by atoms with Crippen molar-refractivity contribution in [3.63, 3.8) is 0 Å². The van der Waals surface area contributed by atoms with Gasteiger partial charge < -0.3 is 24.9 Å². The molecule has 1 N–H and O–H groups in total. The molecule has 0 aromatic carbocycles. The summed E-state index contributed by atoms with van der Waals surface area (Å²) >= 11 is 0. The third-order valence-corrected chi connectivity index (χ3v) is 1.08. The van der Waals surface area contributed by atoms with Crippen molar-refractivity contribution in [1.29, 1.82) is 0 Å². The zero-order chi connectivity index (χ0) is 8.85. The predicted molar refractivity (Wildman–Crippen MR) is 29.9 cm³/mol. The van der Waals surface area contributed by atoms with E-state index in [1.807, 2.05) is 0 Å². The van der Waals surface area contributed by atoms with Crippen LogP contribution in [0.25, 0.3) is 0 Å². The van der Waals surface area contributed by atoms with E-state index in [2.05, 4.69) is 0 Å². The molecule has 0 rings (SSSR count). The van der Waals surface area contributed by atoms with E-state index >= 15 is 0 Å². The minimum Gasteiger partial charge on any atom is -0.550 e. The summed E-state index contributed by atoms with van der Waals surface area (Å²) in [5, 5.41) is 28.4. The first-order valence-corrected chi connectivity index (χ1v) is 3.10. The summed E-state index contributed by atoms with van der Waals surface area (Å²) in [7, 11) is 0. The Kier molecular flexibility index (Phi) is 19.4. The third-order valence-electron chi connectivity index (χ3n) is 1.08. The van der Waals surface area contributed by atoms with Crippen molar-refractivity contribution in [3.8, 4) is 0 Å². The molecular weight excluding hydrogens is 230 g/mol. The van der Waals surface area contributed by atoms with Gasteiger partial charge >= 0.3 is 103 Å². The maximum absolute atomic E-state index is 9.82. The van der Waals surface area contributed by atoms with Crippen LogP contribution in [0.5, 0.6) is 0 Å². The smallest absolute Gasteiger partial charge is 0.550 e. The molecule has 0 aromatic rings. The average Bonchev–Trinajstić information content (AvgIpc) is 1.82. The number of carbonyl (C=O) groups is 2. The van der Waals surface area contributed by atoms with Crippen LogP contribution >= 0.6 is 0 Å². The van der Waals surface area contributed by atoms with E-state index in [4.69, 9.17) is 5.11 Å². The number of carboxylic acids is 2. The summed E-state index contributed by atoms with van der Waals surface area (Å²) in [6.45, 7) is 0. The number of aliphatic hydroxyl groups is 1. The van der Waals surface area contributed by atoms with Gasteiger partial charge in [-0.1, -0.05) is 0 Å². The average molecular weight is 238 g/mol. The number of rotatable bonds is 5. The van der Waals surface area contributed by atoms with Gasteiger partial charge in [0.25, 0.3) is 0 Å². The molecule has 0 amide bonds. The van der Waals surface area contributed by atoms with Crippen molar-refractivity contribution in [2.75, 3.05) is 0 Å². The van der Waals surface area contributed by atoms with Crippen LogP contribution in [0, 0.1) is 0 Å². The van der Waals surface area contributed by atoms with Crippen LogP contribution in [0.1, 0.15) is 19.3 Å². The third kappa shape index (κ3) is 16.8. The van der Waals surface area contributed by atoms with Crippen LogP contribution in [-0.4, -0.2) is 23.1 Å². The van der Waals surface area contributed by atoms with Crippen LogP contribution in [0.15, 0.2) is 0 Å². The second kappa shape index (κ2) is 12.2. The minimum atomic E-state index is -1.39. The van der Waals surface area contributed by atoms with Gasteiger partial charge in [0.2, 0.25) is 0 Å². The van der Waals surface area contributed by atoms with Crippen molar-refractivity contribution in [2.24, 2.45) is 0 Å². The summed E-state index contributed by atoms with van der Waals surface area (Å²) in [4.78, 5) is 19.6. The Morgan fingerprint density at radius 3 is 1.92 bits per heavy atom. The first-order chi connectivity index (χ1) is 5.02. The number of hydrogen-bond donors (Lipinski definition) is 1. The van der Waals surface area contributed by atoms with Crippen LogP contribution in [0.3, 0.4) is 0 Å². The molecule has 0 aliphatic heterocycles. The summed E-state index contributed by atoms with van der Waals surface area (Å²) in [6, 6.07) is 0. The van der Waals surface area contributed by atoms with E-state index in [-0.39, 0.29) is 116 Å². The maximum Gasteiger partial charge on any atom is 1.00 e. The zero-order valence-corrected chi connectivity index (χ0v) is 14.0. The number of carbonyl (C=O) groups excluding carboxylic acids is 2. The summed E-state index contributed by atoms with van der Waals surface area (Å²) in [5.41, 5.74) is 0. The fraction of sp³-hybridized carbons (Fsp3) is 0.667. The molecule has 0 heterocycles. The molecule has 7 heteroatoms. The van der Waals surface area contributed by atoms with Crippen molar-refractivity contribution >= 4 is 11.9 Å². The molecule has 0 fully saturated rings. The SMILES string of the molecule is O=C([O-])CCC(O)CC(=O)[O-].[K+].[K+]. The summed E-state index contributed by atoms with van der Waals surface area (Å²) < 4.78 is 0. The molecule has 0 aliphatic rings. The van der Waals surface area contributed by atoms with Gasteiger partial charge in [-0.15, -0.1) is 0 Å². The molecule has 0 spiro atoms. The Bertz CT molecular complexity index is 161. The van der Waals surface area contributed by atoms with E-state index in [1.54, 1.807) is 0 Å². The second-order valence-corrected chi connectivity index (χ2v) is 2.14. The molecular formula is C6H8K2O5. The number of aliphatic hydroxyl groups excluding tert-OH is 1. The van der Waals surface area contributed by atoms with E-state index in [1.165, 1.54) is 0 Å². The molecule has 0 saturated heterocycles. The number of carboxylic acid groups (broad SMARTS) is 2. The fourth-order valence-electron chi connectivity index (χ4n) is 0.579. The monoisotopic (exact) mass is 238 g/mol. The Balaban J connectivity index is -0.000000500.